The van der Waals surface area contributed by atoms with Gasteiger partial charge in [0, 0.05) is 0 Å². The topological polar surface area (TPSA) is 29.5 Å². The Morgan fingerprint density at radius 3 is 1.94 bits per heavy atom. The van der Waals surface area contributed by atoms with E-state index in [1.165, 1.54) is 19.6 Å². The van der Waals surface area contributed by atoms with Gasteiger partial charge >= 0.3 is 0 Å². The van der Waals surface area contributed by atoms with E-state index in [2.05, 4.69) is 30.4 Å². The standard InChI is InChI=1S/C8H8O2.C6H15N/c9-7-10-6-8-4-2-1-3-5-8;1-4-7(5-2)6-3/h1-5,7H,6H2;4-6H2,1-3H3. The maximum atomic E-state index is 9.76. The van der Waals surface area contributed by atoms with Crippen molar-refractivity contribution in [1.29, 1.82) is 0 Å². The zero-order valence-electron chi connectivity index (χ0n) is 11.1. The van der Waals surface area contributed by atoms with Crippen LogP contribution < -0.4 is 0 Å². The minimum Gasteiger partial charge on any atom is -0.463 e. The van der Waals surface area contributed by atoms with Crippen LogP contribution in [0.5, 0.6) is 0 Å². The summed E-state index contributed by atoms with van der Waals surface area (Å²) in [6, 6.07) is 9.55. The molecule has 0 aliphatic rings. The van der Waals surface area contributed by atoms with Crippen LogP contribution in [0.1, 0.15) is 26.3 Å². The molecule has 0 N–H and O–H groups in total. The van der Waals surface area contributed by atoms with Crippen molar-refractivity contribution in [2.45, 2.75) is 27.4 Å². The van der Waals surface area contributed by atoms with E-state index in [9.17, 15) is 4.79 Å². The number of hydrogen-bond donors (Lipinski definition) is 0. The molecule has 0 saturated carbocycles. The van der Waals surface area contributed by atoms with Gasteiger partial charge in [-0.15, -0.1) is 0 Å². The maximum absolute atomic E-state index is 9.76. The zero-order valence-corrected chi connectivity index (χ0v) is 11.1. The highest BCUT2D eigenvalue weighted by molar-refractivity contribution is 5.37. The Morgan fingerprint density at radius 1 is 1.06 bits per heavy atom. The van der Waals surface area contributed by atoms with Crippen molar-refractivity contribution < 1.29 is 9.53 Å². The molecule has 1 aromatic rings. The van der Waals surface area contributed by atoms with Gasteiger partial charge in [0.15, 0.2) is 0 Å². The van der Waals surface area contributed by atoms with Gasteiger partial charge in [-0.3, -0.25) is 4.79 Å². The first-order chi connectivity index (χ1) is 8.28. The third-order valence-corrected chi connectivity index (χ3v) is 2.50. The lowest BCUT2D eigenvalue weighted by Gasteiger charge is -2.13. The van der Waals surface area contributed by atoms with E-state index < -0.39 is 0 Å². The first kappa shape index (κ1) is 15.7. The Morgan fingerprint density at radius 2 is 1.59 bits per heavy atom. The lowest BCUT2D eigenvalue weighted by atomic mass is 10.2. The lowest BCUT2D eigenvalue weighted by molar-refractivity contribution is -0.129. The summed E-state index contributed by atoms with van der Waals surface area (Å²) in [6.45, 7) is 10.9. The molecule has 0 atom stereocenters. The Kier molecular flexibility index (Phi) is 10.3. The SMILES string of the molecule is CCN(CC)CC.O=COCc1ccccc1. The van der Waals surface area contributed by atoms with Crippen molar-refractivity contribution in [2.75, 3.05) is 19.6 Å². The summed E-state index contributed by atoms with van der Waals surface area (Å²) in [5.41, 5.74) is 1.01. The summed E-state index contributed by atoms with van der Waals surface area (Å²) in [6.07, 6.45) is 0. The van der Waals surface area contributed by atoms with Gasteiger partial charge in [0.1, 0.15) is 6.61 Å². The van der Waals surface area contributed by atoms with Crippen LogP contribution in [0.2, 0.25) is 0 Å². The van der Waals surface area contributed by atoms with Gasteiger partial charge in [0.2, 0.25) is 0 Å². The number of hydrogen-bond acceptors (Lipinski definition) is 3. The Hall–Kier alpha value is -1.35. The molecule has 1 rings (SSSR count). The average molecular weight is 237 g/mol. The van der Waals surface area contributed by atoms with Crippen LogP contribution in [0.25, 0.3) is 0 Å². The Bertz CT molecular complexity index is 265. The molecular formula is C14H23NO2. The Balaban J connectivity index is 0.000000325. The van der Waals surface area contributed by atoms with Crippen molar-refractivity contribution >= 4 is 6.47 Å². The molecule has 3 heteroatoms. The third kappa shape index (κ3) is 8.46. The fraction of sp³-hybridized carbons (Fsp3) is 0.500. The molecule has 0 radical (unpaired) electrons. The number of nitrogens with zero attached hydrogens (tertiary/aromatic N) is 1. The predicted octanol–water partition coefficient (Wildman–Crippen LogP) is 2.71. The van der Waals surface area contributed by atoms with E-state index in [1.807, 2.05) is 30.3 Å². The molecular weight excluding hydrogens is 214 g/mol. The summed E-state index contributed by atoms with van der Waals surface area (Å²) in [7, 11) is 0. The van der Waals surface area contributed by atoms with Crippen molar-refractivity contribution in [2.24, 2.45) is 0 Å². The normalized spacial score (nSPS) is 9.41. The first-order valence-electron chi connectivity index (χ1n) is 6.09. The summed E-state index contributed by atoms with van der Waals surface area (Å²) >= 11 is 0. The molecule has 0 aliphatic heterocycles. The van der Waals surface area contributed by atoms with Crippen molar-refractivity contribution in [3.63, 3.8) is 0 Å². The van der Waals surface area contributed by atoms with Gasteiger partial charge in [0.05, 0.1) is 0 Å². The van der Waals surface area contributed by atoms with Crippen LogP contribution in [0, 0.1) is 0 Å². The number of rotatable bonds is 6. The maximum Gasteiger partial charge on any atom is 0.293 e. The molecule has 3 nitrogen and oxygen atoms in total. The first-order valence-corrected chi connectivity index (χ1v) is 6.09. The largest absolute Gasteiger partial charge is 0.463 e. The molecule has 0 aliphatic carbocycles. The molecule has 0 fully saturated rings. The van der Waals surface area contributed by atoms with E-state index in [4.69, 9.17) is 0 Å². The molecule has 0 heterocycles. The third-order valence-electron chi connectivity index (χ3n) is 2.50. The van der Waals surface area contributed by atoms with Crippen molar-refractivity contribution in [1.82, 2.24) is 4.90 Å². The smallest absolute Gasteiger partial charge is 0.293 e. The highest BCUT2D eigenvalue weighted by Crippen LogP contribution is 1.98. The van der Waals surface area contributed by atoms with E-state index in [-0.39, 0.29) is 0 Å². The molecule has 17 heavy (non-hydrogen) atoms. The molecule has 0 amide bonds. The molecule has 0 unspecified atom stereocenters. The minimum atomic E-state index is 0.365. The second-order valence-corrected chi connectivity index (χ2v) is 3.51. The fourth-order valence-electron chi connectivity index (χ4n) is 1.38. The summed E-state index contributed by atoms with van der Waals surface area (Å²) in [4.78, 5) is 12.1. The van der Waals surface area contributed by atoms with Crippen LogP contribution in [-0.2, 0) is 16.1 Å². The quantitative estimate of drug-likeness (QED) is 0.712. The molecule has 0 spiro atoms. The fourth-order valence-corrected chi connectivity index (χ4v) is 1.38. The van der Waals surface area contributed by atoms with E-state index in [1.54, 1.807) is 0 Å². The van der Waals surface area contributed by atoms with Crippen molar-refractivity contribution in [3.05, 3.63) is 35.9 Å². The molecule has 0 aromatic heterocycles. The van der Waals surface area contributed by atoms with Gasteiger partial charge < -0.3 is 9.64 Å². The molecule has 96 valence electrons. The van der Waals surface area contributed by atoms with Gasteiger partial charge in [-0.1, -0.05) is 51.1 Å². The zero-order chi connectivity index (χ0) is 12.9. The second kappa shape index (κ2) is 11.1. The molecule has 0 bridgehead atoms. The van der Waals surface area contributed by atoms with Crippen LogP contribution in [-0.4, -0.2) is 31.0 Å². The second-order valence-electron chi connectivity index (χ2n) is 3.51. The number of carbonyl (C=O) groups excluding carboxylic acids is 1. The summed E-state index contributed by atoms with van der Waals surface area (Å²) in [5, 5.41) is 0. The van der Waals surface area contributed by atoms with Crippen LogP contribution in [0.15, 0.2) is 30.3 Å². The number of benzene rings is 1. The number of ether oxygens (including phenoxy) is 1. The lowest BCUT2D eigenvalue weighted by Crippen LogP contribution is -2.21. The predicted molar refractivity (Wildman–Crippen MR) is 70.8 cm³/mol. The van der Waals surface area contributed by atoms with Crippen LogP contribution >= 0.6 is 0 Å². The van der Waals surface area contributed by atoms with Crippen LogP contribution in [0.4, 0.5) is 0 Å². The van der Waals surface area contributed by atoms with Gasteiger partial charge in [-0.05, 0) is 25.2 Å². The molecule has 1 aromatic carbocycles. The minimum absolute atomic E-state index is 0.365. The van der Waals surface area contributed by atoms with Crippen LogP contribution in [0.3, 0.4) is 0 Å². The summed E-state index contributed by atoms with van der Waals surface area (Å²) in [5.74, 6) is 0. The summed E-state index contributed by atoms with van der Waals surface area (Å²) < 4.78 is 4.54. The van der Waals surface area contributed by atoms with Gasteiger partial charge in [-0.2, -0.15) is 0 Å². The number of carbonyl (C=O) groups is 1. The Labute approximate surface area is 104 Å². The van der Waals surface area contributed by atoms with Crippen molar-refractivity contribution in [3.8, 4) is 0 Å². The van der Waals surface area contributed by atoms with E-state index >= 15 is 0 Å². The van der Waals surface area contributed by atoms with E-state index in [0.29, 0.717) is 13.1 Å². The molecule has 0 saturated heterocycles. The highest BCUT2D eigenvalue weighted by Gasteiger charge is 1.89. The van der Waals surface area contributed by atoms with Gasteiger partial charge in [-0.25, -0.2) is 0 Å². The monoisotopic (exact) mass is 237 g/mol. The highest BCUT2D eigenvalue weighted by atomic mass is 16.5. The van der Waals surface area contributed by atoms with E-state index in [0.717, 1.165) is 5.56 Å². The average Bonchev–Trinajstić information content (AvgIpc) is 2.40. The van der Waals surface area contributed by atoms with Gasteiger partial charge in [0.25, 0.3) is 6.47 Å².